The maximum atomic E-state index is 13.8. The van der Waals surface area contributed by atoms with Crippen molar-refractivity contribution >= 4 is 14.4 Å². The lowest BCUT2D eigenvalue weighted by molar-refractivity contribution is -0.124. The normalized spacial score (nSPS) is 13.3. The lowest BCUT2D eigenvalue weighted by Gasteiger charge is -2.40. The number of aromatic nitrogens is 2. The van der Waals surface area contributed by atoms with Crippen LogP contribution in [0, 0.1) is 18.3 Å². The van der Waals surface area contributed by atoms with Crippen molar-refractivity contribution in [1.82, 2.24) is 19.5 Å². The molecule has 0 saturated carbocycles. The number of rotatable bonds is 20. The third kappa shape index (κ3) is 10.9. The lowest BCUT2D eigenvalue weighted by Crippen LogP contribution is -2.50. The molecule has 0 aliphatic carbocycles. The van der Waals surface area contributed by atoms with E-state index in [4.69, 9.17) is 23.3 Å². The highest BCUT2D eigenvalue weighted by Gasteiger charge is 2.40. The van der Waals surface area contributed by atoms with Crippen LogP contribution in [0.15, 0.2) is 94.6 Å². The lowest BCUT2D eigenvalue weighted by atomic mass is 9.80. The van der Waals surface area contributed by atoms with Gasteiger partial charge in [0.15, 0.2) is 0 Å². The van der Waals surface area contributed by atoms with Crippen molar-refractivity contribution in [3.8, 4) is 17.6 Å². The standard InChI is InChI=1S/C41H52N5O8P/c1-28(2)46(29(3)4)55(53-24-12-23-42)54-31(6)37(43-38(47)26-45-25-30(5)39(48)44-40(45)49)27-52-41(32-13-10-9-11-14-32,33-15-19-35(50-7)20-16-33)34-17-21-36(51-8)22-18-34/h9-11,13-22,25,28-29,31,37H,12,24,26-27H2,1-8H3,(H,43,47)(H,44,48,49)/t31-,37-,55?/m0/s1. The van der Waals surface area contributed by atoms with E-state index in [0.29, 0.717) is 17.1 Å². The Hall–Kier alpha value is -4.83. The van der Waals surface area contributed by atoms with E-state index in [1.54, 1.807) is 21.1 Å². The number of nitrogens with one attached hydrogen (secondary N) is 2. The second-order valence-electron chi connectivity index (χ2n) is 13.5. The summed E-state index contributed by atoms with van der Waals surface area (Å²) in [5.74, 6) is 0.839. The molecular formula is C41H52N5O8P. The van der Waals surface area contributed by atoms with Crippen molar-refractivity contribution in [1.29, 1.82) is 5.26 Å². The van der Waals surface area contributed by atoms with Gasteiger partial charge in [0.2, 0.25) is 5.91 Å². The first-order chi connectivity index (χ1) is 26.3. The zero-order valence-corrected chi connectivity index (χ0v) is 33.7. The second-order valence-corrected chi connectivity index (χ2v) is 15.0. The van der Waals surface area contributed by atoms with E-state index in [9.17, 15) is 19.6 Å². The van der Waals surface area contributed by atoms with Crippen molar-refractivity contribution < 1.29 is 28.1 Å². The third-order valence-electron chi connectivity index (χ3n) is 8.99. The zero-order valence-electron chi connectivity index (χ0n) is 32.8. The highest BCUT2D eigenvalue weighted by molar-refractivity contribution is 7.44. The summed E-state index contributed by atoms with van der Waals surface area (Å²) >= 11 is 0. The van der Waals surface area contributed by atoms with Gasteiger partial charge in [0.25, 0.3) is 14.1 Å². The Morgan fingerprint density at radius 1 is 0.891 bits per heavy atom. The quantitative estimate of drug-likeness (QED) is 0.0617. The number of hydrogen-bond acceptors (Lipinski definition) is 10. The average Bonchev–Trinajstić information content (AvgIpc) is 3.17. The summed E-state index contributed by atoms with van der Waals surface area (Å²) in [4.78, 5) is 40.8. The molecule has 0 spiro atoms. The Morgan fingerprint density at radius 2 is 1.44 bits per heavy atom. The van der Waals surface area contributed by atoms with Crippen LogP contribution in [-0.4, -0.2) is 71.8 Å². The van der Waals surface area contributed by atoms with Crippen molar-refractivity contribution in [2.75, 3.05) is 27.4 Å². The molecule has 0 aliphatic rings. The van der Waals surface area contributed by atoms with Crippen LogP contribution in [0.5, 0.6) is 11.5 Å². The van der Waals surface area contributed by atoms with E-state index in [1.165, 1.54) is 6.20 Å². The molecule has 0 radical (unpaired) electrons. The molecule has 294 valence electrons. The van der Waals surface area contributed by atoms with Gasteiger partial charge in [-0.1, -0.05) is 54.6 Å². The average molecular weight is 774 g/mol. The van der Waals surface area contributed by atoms with Crippen LogP contribution in [0.3, 0.4) is 0 Å². The highest BCUT2D eigenvalue weighted by atomic mass is 31.2. The minimum atomic E-state index is -1.70. The molecule has 2 N–H and O–H groups in total. The van der Waals surface area contributed by atoms with Gasteiger partial charge in [-0.25, -0.2) is 9.46 Å². The van der Waals surface area contributed by atoms with E-state index in [2.05, 4.69) is 21.0 Å². The molecule has 55 heavy (non-hydrogen) atoms. The van der Waals surface area contributed by atoms with Crippen LogP contribution in [0.1, 0.15) is 63.3 Å². The Labute approximate surface area is 324 Å². The van der Waals surface area contributed by atoms with Gasteiger partial charge in [0, 0.05) is 23.8 Å². The molecule has 3 atom stereocenters. The SMILES string of the molecule is COc1ccc(C(OC[C@H](NC(=O)Cn2cc(C)c(=O)[nH]c2=O)[C@H](C)OP(OCCC#N)N(C(C)C)C(C)C)(c2ccccc2)c2ccc(OC)cc2)cc1. The maximum absolute atomic E-state index is 13.8. The molecule has 13 nitrogen and oxygen atoms in total. The molecule has 1 aromatic heterocycles. The summed E-state index contributed by atoms with van der Waals surface area (Å²) in [5.41, 5.74) is 0.284. The first kappa shape index (κ1) is 42.9. The number of carbonyl (C=O) groups is 1. The smallest absolute Gasteiger partial charge is 0.328 e. The van der Waals surface area contributed by atoms with Gasteiger partial charge >= 0.3 is 5.69 Å². The molecule has 0 bridgehead atoms. The molecule has 4 rings (SSSR count). The van der Waals surface area contributed by atoms with Gasteiger partial charge in [0.05, 0.1) is 52.1 Å². The monoisotopic (exact) mass is 773 g/mol. The van der Waals surface area contributed by atoms with Gasteiger partial charge in [-0.2, -0.15) is 5.26 Å². The number of benzene rings is 3. The summed E-state index contributed by atoms with van der Waals surface area (Å²) in [7, 11) is 1.51. The van der Waals surface area contributed by atoms with Crippen LogP contribution >= 0.6 is 8.53 Å². The summed E-state index contributed by atoms with van der Waals surface area (Å²) in [5, 5.41) is 12.3. The zero-order chi connectivity index (χ0) is 40.1. The third-order valence-corrected chi connectivity index (χ3v) is 11.2. The van der Waals surface area contributed by atoms with Gasteiger partial charge in [-0.15, -0.1) is 0 Å². The van der Waals surface area contributed by atoms with Gasteiger partial charge < -0.3 is 28.6 Å². The Balaban J connectivity index is 1.82. The summed E-state index contributed by atoms with van der Waals surface area (Å²) in [6.45, 7) is 11.3. The van der Waals surface area contributed by atoms with Crippen molar-refractivity contribution in [3.63, 3.8) is 0 Å². The van der Waals surface area contributed by atoms with Crippen LogP contribution < -0.4 is 26.0 Å². The molecular weight excluding hydrogens is 721 g/mol. The number of methoxy groups -OCH3 is 2. The fraction of sp³-hybridized carbons (Fsp3) is 0.415. The van der Waals surface area contributed by atoms with Gasteiger partial charge in [-0.05, 0) is 82.5 Å². The predicted octanol–water partition coefficient (Wildman–Crippen LogP) is 6.04. The fourth-order valence-electron chi connectivity index (χ4n) is 6.24. The summed E-state index contributed by atoms with van der Waals surface area (Å²) < 4.78 is 34.4. The minimum absolute atomic E-state index is 0.0379. The van der Waals surface area contributed by atoms with E-state index < -0.39 is 43.4 Å². The number of aryl methyl sites for hydroxylation is 1. The first-order valence-electron chi connectivity index (χ1n) is 18.2. The molecule has 3 aromatic carbocycles. The molecule has 0 aliphatic heterocycles. The summed E-state index contributed by atoms with van der Waals surface area (Å²) in [6.07, 6.45) is 0.831. The number of aromatic amines is 1. The number of ether oxygens (including phenoxy) is 3. The van der Waals surface area contributed by atoms with Gasteiger partial charge in [0.1, 0.15) is 23.6 Å². The molecule has 14 heteroatoms. The molecule has 4 aromatic rings. The van der Waals surface area contributed by atoms with E-state index >= 15 is 0 Å². The number of carbonyl (C=O) groups excluding carboxylic acids is 1. The molecule has 1 unspecified atom stereocenters. The molecule has 0 saturated heterocycles. The topological polar surface area (TPSA) is 157 Å². The Morgan fingerprint density at radius 3 is 1.95 bits per heavy atom. The van der Waals surface area contributed by atoms with Crippen LogP contribution in [0.2, 0.25) is 0 Å². The highest BCUT2D eigenvalue weighted by Crippen LogP contribution is 2.48. The van der Waals surface area contributed by atoms with E-state index in [0.717, 1.165) is 21.3 Å². The van der Waals surface area contributed by atoms with Gasteiger partial charge in [-0.3, -0.25) is 19.1 Å². The van der Waals surface area contributed by atoms with E-state index in [1.807, 2.05) is 113 Å². The second kappa shape index (κ2) is 20.2. The number of nitrogens with zero attached hydrogens (tertiary/aromatic N) is 3. The van der Waals surface area contributed by atoms with Crippen molar-refractivity contribution in [2.24, 2.45) is 0 Å². The number of amides is 1. The number of H-pyrrole nitrogens is 1. The fourth-order valence-corrected chi connectivity index (χ4v) is 7.97. The molecule has 0 fully saturated rings. The van der Waals surface area contributed by atoms with Crippen molar-refractivity contribution in [3.05, 3.63) is 128 Å². The minimum Gasteiger partial charge on any atom is -0.497 e. The van der Waals surface area contributed by atoms with Crippen LogP contribution in [0.4, 0.5) is 0 Å². The molecule has 1 amide bonds. The van der Waals surface area contributed by atoms with E-state index in [-0.39, 0.29) is 38.3 Å². The Kier molecular flexibility index (Phi) is 15.8. The predicted molar refractivity (Wildman–Crippen MR) is 212 cm³/mol. The number of hydrogen-bond donors (Lipinski definition) is 2. The number of nitriles is 1. The maximum Gasteiger partial charge on any atom is 0.328 e. The molecule has 1 heterocycles. The van der Waals surface area contributed by atoms with Crippen molar-refractivity contribution in [2.45, 2.75) is 84.3 Å². The Bertz CT molecular complexity index is 1920. The first-order valence-corrected chi connectivity index (χ1v) is 19.3. The van der Waals surface area contributed by atoms with Crippen LogP contribution in [-0.2, 0) is 30.7 Å². The largest absolute Gasteiger partial charge is 0.497 e. The summed E-state index contributed by atoms with van der Waals surface area (Å²) in [6, 6.07) is 26.4. The van der Waals surface area contributed by atoms with Crippen LogP contribution in [0.25, 0.3) is 0 Å².